The number of carbonyl (C=O) groups is 2. The lowest BCUT2D eigenvalue weighted by Crippen LogP contribution is -2.46. The maximum absolute atomic E-state index is 12.0. The van der Waals surface area contributed by atoms with Crippen molar-refractivity contribution in [3.05, 3.63) is 59.5 Å². The Morgan fingerprint density at radius 3 is 2.26 bits per heavy atom. The van der Waals surface area contributed by atoms with E-state index in [0.717, 1.165) is 12.0 Å². The summed E-state index contributed by atoms with van der Waals surface area (Å²) in [5.41, 5.74) is 7.18. The van der Waals surface area contributed by atoms with E-state index in [1.165, 1.54) is 17.9 Å². The standard InChI is InChI=1S/C21H29N3O3/c1-14(2)12-16-7-9-17(10-8-16)20(15(3)4)22-13-19(25)23-24-21(26)18-6-5-11-27-18/h5-11,14-15,20,22H,12-13H2,1-4H3,(H,23,25)(H,24,26)/t20-/m1/s1. The lowest BCUT2D eigenvalue weighted by Gasteiger charge is -2.23. The number of carbonyl (C=O) groups excluding carboxylic acids is 2. The molecule has 6 heteroatoms. The molecule has 0 aliphatic carbocycles. The molecular formula is C21H29N3O3. The maximum Gasteiger partial charge on any atom is 0.305 e. The first-order valence-corrected chi connectivity index (χ1v) is 9.31. The van der Waals surface area contributed by atoms with E-state index in [1.54, 1.807) is 6.07 Å². The second-order valence-corrected chi connectivity index (χ2v) is 7.42. The minimum atomic E-state index is -0.491. The molecule has 6 nitrogen and oxygen atoms in total. The van der Waals surface area contributed by atoms with Gasteiger partial charge in [0.1, 0.15) is 0 Å². The molecule has 0 spiro atoms. The van der Waals surface area contributed by atoms with Crippen molar-refractivity contribution in [2.75, 3.05) is 6.54 Å². The van der Waals surface area contributed by atoms with Crippen LogP contribution in [0.5, 0.6) is 0 Å². The van der Waals surface area contributed by atoms with Crippen molar-refractivity contribution >= 4 is 11.8 Å². The number of rotatable bonds is 8. The van der Waals surface area contributed by atoms with Crippen LogP contribution in [0, 0.1) is 11.8 Å². The Morgan fingerprint density at radius 2 is 1.70 bits per heavy atom. The van der Waals surface area contributed by atoms with Crippen LogP contribution >= 0.6 is 0 Å². The molecule has 0 saturated heterocycles. The molecule has 3 N–H and O–H groups in total. The third kappa shape index (κ3) is 6.57. The minimum absolute atomic E-state index is 0.0459. The van der Waals surface area contributed by atoms with Crippen LogP contribution in [-0.4, -0.2) is 18.4 Å². The van der Waals surface area contributed by atoms with Crippen LogP contribution in [0.4, 0.5) is 0 Å². The van der Waals surface area contributed by atoms with E-state index in [9.17, 15) is 9.59 Å². The molecule has 0 aliphatic heterocycles. The minimum Gasteiger partial charge on any atom is -0.459 e. The van der Waals surface area contributed by atoms with Crippen molar-refractivity contribution in [1.29, 1.82) is 0 Å². The molecule has 1 aromatic carbocycles. The van der Waals surface area contributed by atoms with Gasteiger partial charge >= 0.3 is 5.91 Å². The van der Waals surface area contributed by atoms with Gasteiger partial charge in [-0.15, -0.1) is 0 Å². The van der Waals surface area contributed by atoms with Crippen LogP contribution in [-0.2, 0) is 11.2 Å². The second kappa shape index (κ2) is 9.92. The summed E-state index contributed by atoms with van der Waals surface area (Å²) < 4.78 is 4.97. The Hall–Kier alpha value is -2.60. The smallest absolute Gasteiger partial charge is 0.305 e. The lowest BCUT2D eigenvalue weighted by molar-refractivity contribution is -0.121. The van der Waals surface area contributed by atoms with Crippen LogP contribution in [0.3, 0.4) is 0 Å². The molecule has 27 heavy (non-hydrogen) atoms. The molecule has 1 atom stereocenters. The zero-order valence-corrected chi connectivity index (χ0v) is 16.4. The van der Waals surface area contributed by atoms with Crippen molar-refractivity contribution in [2.24, 2.45) is 11.8 Å². The highest BCUT2D eigenvalue weighted by molar-refractivity contribution is 5.93. The molecule has 2 aromatic rings. The van der Waals surface area contributed by atoms with Gasteiger partial charge in [0, 0.05) is 6.04 Å². The summed E-state index contributed by atoms with van der Waals surface area (Å²) in [6, 6.07) is 11.7. The van der Waals surface area contributed by atoms with Crippen molar-refractivity contribution in [3.63, 3.8) is 0 Å². The first-order valence-electron chi connectivity index (χ1n) is 9.31. The van der Waals surface area contributed by atoms with Gasteiger partial charge in [-0.25, -0.2) is 0 Å². The third-order valence-electron chi connectivity index (χ3n) is 4.19. The van der Waals surface area contributed by atoms with E-state index in [-0.39, 0.29) is 24.3 Å². The van der Waals surface area contributed by atoms with Gasteiger partial charge < -0.3 is 9.73 Å². The fraction of sp³-hybridized carbons (Fsp3) is 0.429. The Labute approximate surface area is 160 Å². The molecule has 0 radical (unpaired) electrons. The molecule has 0 unspecified atom stereocenters. The lowest BCUT2D eigenvalue weighted by atomic mass is 9.94. The zero-order chi connectivity index (χ0) is 19.8. The first kappa shape index (κ1) is 20.7. The Kier molecular flexibility index (Phi) is 7.61. The van der Waals surface area contributed by atoms with E-state index >= 15 is 0 Å². The molecule has 2 rings (SSSR count). The summed E-state index contributed by atoms with van der Waals surface area (Å²) in [7, 11) is 0. The number of furan rings is 1. The Balaban J connectivity index is 1.86. The van der Waals surface area contributed by atoms with Crippen LogP contribution in [0.15, 0.2) is 47.1 Å². The number of nitrogens with one attached hydrogen (secondary N) is 3. The highest BCUT2D eigenvalue weighted by atomic mass is 16.3. The van der Waals surface area contributed by atoms with Gasteiger partial charge in [-0.3, -0.25) is 20.4 Å². The van der Waals surface area contributed by atoms with Crippen molar-refractivity contribution in [3.8, 4) is 0 Å². The van der Waals surface area contributed by atoms with Gasteiger partial charge in [-0.2, -0.15) is 0 Å². The number of hydrazine groups is 1. The molecule has 146 valence electrons. The average molecular weight is 371 g/mol. The van der Waals surface area contributed by atoms with E-state index in [2.05, 4.69) is 68.1 Å². The van der Waals surface area contributed by atoms with Crippen molar-refractivity contribution < 1.29 is 14.0 Å². The van der Waals surface area contributed by atoms with Crippen LogP contribution in [0.1, 0.15) is 55.4 Å². The number of benzene rings is 1. The second-order valence-electron chi connectivity index (χ2n) is 7.42. The molecule has 0 saturated carbocycles. The van der Waals surface area contributed by atoms with E-state index in [4.69, 9.17) is 4.42 Å². The first-order chi connectivity index (χ1) is 12.9. The maximum atomic E-state index is 12.0. The van der Waals surface area contributed by atoms with Crippen LogP contribution in [0.2, 0.25) is 0 Å². The zero-order valence-electron chi connectivity index (χ0n) is 16.4. The molecule has 1 heterocycles. The van der Waals surface area contributed by atoms with Crippen molar-refractivity contribution in [1.82, 2.24) is 16.2 Å². The van der Waals surface area contributed by atoms with Gasteiger partial charge in [-0.1, -0.05) is 52.0 Å². The average Bonchev–Trinajstić information content (AvgIpc) is 3.15. The molecule has 0 aliphatic rings. The van der Waals surface area contributed by atoms with E-state index < -0.39 is 5.91 Å². The quantitative estimate of drug-likeness (QED) is 0.622. The van der Waals surface area contributed by atoms with Gasteiger partial charge in [-0.05, 0) is 41.5 Å². The molecule has 0 bridgehead atoms. The van der Waals surface area contributed by atoms with Crippen molar-refractivity contribution in [2.45, 2.75) is 40.2 Å². The Bertz CT molecular complexity index is 722. The summed E-state index contributed by atoms with van der Waals surface area (Å²) in [6.45, 7) is 8.72. The SMILES string of the molecule is CC(C)Cc1ccc([C@H](NCC(=O)NNC(=O)c2ccco2)C(C)C)cc1. The van der Waals surface area contributed by atoms with Crippen LogP contribution in [0.25, 0.3) is 0 Å². The largest absolute Gasteiger partial charge is 0.459 e. The normalized spacial score (nSPS) is 12.2. The number of amides is 2. The summed E-state index contributed by atoms with van der Waals surface area (Å²) in [4.78, 5) is 23.8. The number of hydrogen-bond acceptors (Lipinski definition) is 4. The molecule has 1 aromatic heterocycles. The molecular weight excluding hydrogens is 342 g/mol. The fourth-order valence-electron chi connectivity index (χ4n) is 2.91. The highest BCUT2D eigenvalue weighted by Gasteiger charge is 2.17. The van der Waals surface area contributed by atoms with Gasteiger partial charge in [0.2, 0.25) is 0 Å². The number of hydrogen-bond donors (Lipinski definition) is 3. The molecule has 2 amide bonds. The predicted octanol–water partition coefficient (Wildman–Crippen LogP) is 3.23. The van der Waals surface area contributed by atoms with Gasteiger partial charge in [0.05, 0.1) is 12.8 Å². The summed E-state index contributed by atoms with van der Waals surface area (Å²) in [5.74, 6) is 0.262. The fourth-order valence-corrected chi connectivity index (χ4v) is 2.91. The predicted molar refractivity (Wildman–Crippen MR) is 105 cm³/mol. The highest BCUT2D eigenvalue weighted by Crippen LogP contribution is 2.22. The van der Waals surface area contributed by atoms with E-state index in [1.807, 2.05) is 0 Å². The summed E-state index contributed by atoms with van der Waals surface area (Å²) in [5, 5.41) is 3.27. The monoisotopic (exact) mass is 371 g/mol. The van der Waals surface area contributed by atoms with Gasteiger partial charge in [0.15, 0.2) is 5.76 Å². The summed E-state index contributed by atoms with van der Waals surface area (Å²) >= 11 is 0. The van der Waals surface area contributed by atoms with Gasteiger partial charge in [0.25, 0.3) is 5.91 Å². The topological polar surface area (TPSA) is 83.4 Å². The molecule has 0 fully saturated rings. The van der Waals surface area contributed by atoms with Crippen LogP contribution < -0.4 is 16.2 Å². The summed E-state index contributed by atoms with van der Waals surface area (Å²) in [6.07, 6.45) is 2.45. The van der Waals surface area contributed by atoms with E-state index in [0.29, 0.717) is 11.8 Å². The Morgan fingerprint density at radius 1 is 1.00 bits per heavy atom. The third-order valence-corrected chi connectivity index (χ3v) is 4.19.